The summed E-state index contributed by atoms with van der Waals surface area (Å²) in [6.45, 7) is 3.13. The van der Waals surface area contributed by atoms with Crippen LogP contribution < -0.4 is 10.9 Å². The number of nitrogens with zero attached hydrogens (tertiary/aromatic N) is 1. The number of nitrogens with one attached hydrogen (secondary N) is 2. The molecule has 2 amide bonds. The average Bonchev–Trinajstić information content (AvgIpc) is 3.03. The highest BCUT2D eigenvalue weighted by atomic mass is 32.2. The van der Waals surface area contributed by atoms with Crippen molar-refractivity contribution in [1.29, 1.82) is 0 Å². The molecule has 1 heterocycles. The molecule has 1 aromatic heterocycles. The lowest BCUT2D eigenvalue weighted by atomic mass is 10.1. The standard InChI is InChI=1S/C20H21N3O5S/c1-13-8-10-15(11-9-13)29(26,27)23(3)12-18(24)21-22-20(25)19-14(2)16-6-4-5-7-17(16)28-19/h4-11H,12H2,1-3H3,(H,21,24)(H,22,25). The highest BCUT2D eigenvalue weighted by Crippen LogP contribution is 2.24. The Labute approximate surface area is 168 Å². The molecule has 2 aromatic carbocycles. The number of hydrogen-bond acceptors (Lipinski definition) is 5. The van der Waals surface area contributed by atoms with E-state index in [1.54, 1.807) is 31.2 Å². The predicted octanol–water partition coefficient (Wildman–Crippen LogP) is 2.13. The van der Waals surface area contributed by atoms with Gasteiger partial charge < -0.3 is 4.42 Å². The molecule has 8 nitrogen and oxygen atoms in total. The van der Waals surface area contributed by atoms with E-state index in [1.165, 1.54) is 19.2 Å². The minimum atomic E-state index is -3.82. The quantitative estimate of drug-likeness (QED) is 0.621. The Morgan fingerprint density at radius 1 is 1.00 bits per heavy atom. The van der Waals surface area contributed by atoms with E-state index < -0.39 is 28.4 Å². The van der Waals surface area contributed by atoms with E-state index in [4.69, 9.17) is 4.42 Å². The molecule has 9 heteroatoms. The molecule has 0 atom stereocenters. The van der Waals surface area contributed by atoms with E-state index in [0.717, 1.165) is 15.3 Å². The van der Waals surface area contributed by atoms with Crippen LogP contribution in [0.5, 0.6) is 0 Å². The molecule has 29 heavy (non-hydrogen) atoms. The van der Waals surface area contributed by atoms with Gasteiger partial charge in [0.15, 0.2) is 5.76 Å². The lowest BCUT2D eigenvalue weighted by Crippen LogP contribution is -2.46. The van der Waals surface area contributed by atoms with Crippen LogP contribution in [0.25, 0.3) is 11.0 Å². The lowest BCUT2D eigenvalue weighted by Gasteiger charge is -2.17. The van der Waals surface area contributed by atoms with Gasteiger partial charge in [-0.25, -0.2) is 8.42 Å². The fourth-order valence-electron chi connectivity index (χ4n) is 2.79. The Morgan fingerprint density at radius 3 is 2.31 bits per heavy atom. The second kappa shape index (κ2) is 8.06. The zero-order valence-electron chi connectivity index (χ0n) is 16.2. The van der Waals surface area contributed by atoms with Crippen LogP contribution in [0.3, 0.4) is 0 Å². The summed E-state index contributed by atoms with van der Waals surface area (Å²) in [6, 6.07) is 13.5. The Hall–Kier alpha value is -3.17. The van der Waals surface area contributed by atoms with Gasteiger partial charge in [-0.05, 0) is 32.0 Å². The summed E-state index contributed by atoms with van der Waals surface area (Å²) in [4.78, 5) is 24.5. The number of hydrazine groups is 1. The van der Waals surface area contributed by atoms with Crippen LogP contribution in [0.15, 0.2) is 57.8 Å². The van der Waals surface area contributed by atoms with Gasteiger partial charge in [0.1, 0.15) is 5.58 Å². The number of aryl methyl sites for hydroxylation is 2. The number of hydrogen-bond donors (Lipinski definition) is 2. The second-order valence-electron chi connectivity index (χ2n) is 6.63. The number of para-hydroxylation sites is 1. The molecule has 0 saturated heterocycles. The number of benzene rings is 2. The Kier molecular flexibility index (Phi) is 5.71. The first-order valence-corrected chi connectivity index (χ1v) is 10.2. The fraction of sp³-hybridized carbons (Fsp3) is 0.200. The van der Waals surface area contributed by atoms with Crippen molar-refractivity contribution in [3.05, 3.63) is 65.4 Å². The number of sulfonamides is 1. The molecule has 0 unspecified atom stereocenters. The Bertz CT molecular complexity index is 1170. The monoisotopic (exact) mass is 415 g/mol. The van der Waals surface area contributed by atoms with Crippen molar-refractivity contribution in [2.75, 3.05) is 13.6 Å². The number of carbonyl (C=O) groups is 2. The molecule has 0 aliphatic carbocycles. The molecule has 0 radical (unpaired) electrons. The van der Waals surface area contributed by atoms with Crippen LogP contribution in [0.2, 0.25) is 0 Å². The van der Waals surface area contributed by atoms with Crippen LogP contribution in [-0.4, -0.2) is 38.1 Å². The first kappa shape index (κ1) is 20.6. The molecule has 3 rings (SSSR count). The zero-order valence-corrected chi connectivity index (χ0v) is 17.0. The van der Waals surface area contributed by atoms with Gasteiger partial charge in [0, 0.05) is 18.0 Å². The van der Waals surface area contributed by atoms with Crippen LogP contribution in [-0.2, 0) is 14.8 Å². The van der Waals surface area contributed by atoms with E-state index in [0.29, 0.717) is 11.1 Å². The third-order valence-electron chi connectivity index (χ3n) is 4.46. The van der Waals surface area contributed by atoms with Gasteiger partial charge >= 0.3 is 5.91 Å². The van der Waals surface area contributed by atoms with Crippen LogP contribution in [0, 0.1) is 13.8 Å². The van der Waals surface area contributed by atoms with Gasteiger partial charge in [-0.1, -0.05) is 35.9 Å². The largest absolute Gasteiger partial charge is 0.451 e. The molecule has 0 aliphatic rings. The molecule has 0 fully saturated rings. The topological polar surface area (TPSA) is 109 Å². The van der Waals surface area contributed by atoms with E-state index in [9.17, 15) is 18.0 Å². The first-order valence-electron chi connectivity index (χ1n) is 8.80. The van der Waals surface area contributed by atoms with Gasteiger partial charge in [0.2, 0.25) is 10.0 Å². The van der Waals surface area contributed by atoms with Crippen molar-refractivity contribution in [3.63, 3.8) is 0 Å². The summed E-state index contributed by atoms with van der Waals surface area (Å²) in [5.41, 5.74) is 6.59. The number of furan rings is 1. The number of carbonyl (C=O) groups excluding carboxylic acids is 2. The van der Waals surface area contributed by atoms with Crippen molar-refractivity contribution >= 4 is 32.8 Å². The molecule has 0 bridgehead atoms. The van der Waals surface area contributed by atoms with Gasteiger partial charge in [0.25, 0.3) is 5.91 Å². The second-order valence-corrected chi connectivity index (χ2v) is 8.67. The maximum Gasteiger partial charge on any atom is 0.305 e. The molecular formula is C20H21N3O5S. The third kappa shape index (κ3) is 4.30. The SMILES string of the molecule is Cc1ccc(S(=O)(=O)N(C)CC(=O)NNC(=O)c2oc3ccccc3c2C)cc1. The van der Waals surface area contributed by atoms with Gasteiger partial charge in [0.05, 0.1) is 11.4 Å². The third-order valence-corrected chi connectivity index (χ3v) is 6.28. The molecule has 152 valence electrons. The molecule has 0 spiro atoms. The highest BCUT2D eigenvalue weighted by Gasteiger charge is 2.23. The molecular weight excluding hydrogens is 394 g/mol. The lowest BCUT2D eigenvalue weighted by molar-refractivity contribution is -0.121. The fourth-order valence-corrected chi connectivity index (χ4v) is 3.92. The maximum atomic E-state index is 12.5. The van der Waals surface area contributed by atoms with Gasteiger partial charge in [-0.3, -0.25) is 20.4 Å². The summed E-state index contributed by atoms with van der Waals surface area (Å²) < 4.78 is 31.5. The van der Waals surface area contributed by atoms with Crippen LogP contribution in [0.4, 0.5) is 0 Å². The van der Waals surface area contributed by atoms with E-state index in [-0.39, 0.29) is 10.7 Å². The molecule has 0 saturated carbocycles. The number of likely N-dealkylation sites (N-methyl/N-ethyl adjacent to an activating group) is 1. The smallest absolute Gasteiger partial charge is 0.305 e. The van der Waals surface area contributed by atoms with Crippen LogP contribution in [0.1, 0.15) is 21.7 Å². The Morgan fingerprint density at radius 2 is 1.66 bits per heavy atom. The van der Waals surface area contributed by atoms with Gasteiger partial charge in [-0.2, -0.15) is 4.31 Å². The minimum Gasteiger partial charge on any atom is -0.451 e. The summed E-state index contributed by atoms with van der Waals surface area (Å²) in [5.74, 6) is -1.24. The maximum absolute atomic E-state index is 12.5. The molecule has 2 N–H and O–H groups in total. The predicted molar refractivity (Wildman–Crippen MR) is 108 cm³/mol. The number of fused-ring (bicyclic) bond motifs is 1. The summed E-state index contributed by atoms with van der Waals surface area (Å²) in [6.07, 6.45) is 0. The van der Waals surface area contributed by atoms with Gasteiger partial charge in [-0.15, -0.1) is 0 Å². The molecule has 0 aliphatic heterocycles. The van der Waals surface area contributed by atoms with Crippen molar-refractivity contribution in [2.24, 2.45) is 0 Å². The van der Waals surface area contributed by atoms with Crippen molar-refractivity contribution in [2.45, 2.75) is 18.7 Å². The summed E-state index contributed by atoms with van der Waals surface area (Å²) >= 11 is 0. The average molecular weight is 415 g/mol. The highest BCUT2D eigenvalue weighted by molar-refractivity contribution is 7.89. The minimum absolute atomic E-state index is 0.0760. The van der Waals surface area contributed by atoms with Crippen molar-refractivity contribution in [1.82, 2.24) is 15.2 Å². The van der Waals surface area contributed by atoms with E-state index in [2.05, 4.69) is 10.9 Å². The van der Waals surface area contributed by atoms with Crippen molar-refractivity contribution < 1.29 is 22.4 Å². The Balaban J connectivity index is 1.62. The zero-order chi connectivity index (χ0) is 21.2. The van der Waals surface area contributed by atoms with E-state index >= 15 is 0 Å². The normalized spacial score (nSPS) is 11.6. The molecule has 3 aromatic rings. The van der Waals surface area contributed by atoms with Crippen molar-refractivity contribution in [3.8, 4) is 0 Å². The number of rotatable bonds is 5. The van der Waals surface area contributed by atoms with E-state index in [1.807, 2.05) is 19.1 Å². The summed E-state index contributed by atoms with van der Waals surface area (Å²) in [5, 5.41) is 0.799. The first-order chi connectivity index (χ1) is 13.7. The number of amides is 2. The van der Waals surface area contributed by atoms with Crippen LogP contribution >= 0.6 is 0 Å². The summed E-state index contributed by atoms with van der Waals surface area (Å²) in [7, 11) is -2.53.